The summed E-state index contributed by atoms with van der Waals surface area (Å²) >= 11 is 0. The van der Waals surface area contributed by atoms with Crippen LogP contribution in [0.2, 0.25) is 0 Å². The Balaban J connectivity index is 1.95. The maximum atomic E-state index is 4.60. The fourth-order valence-corrected chi connectivity index (χ4v) is 2.17. The van der Waals surface area contributed by atoms with Gasteiger partial charge in [0.2, 0.25) is 0 Å². The second-order valence-corrected chi connectivity index (χ2v) is 4.09. The number of aromatic amines is 1. The summed E-state index contributed by atoms with van der Waals surface area (Å²) in [6, 6.07) is 4.21. The Morgan fingerprint density at radius 1 is 1.33 bits per heavy atom. The van der Waals surface area contributed by atoms with Crippen LogP contribution in [0.25, 0.3) is 11.0 Å². The van der Waals surface area contributed by atoms with E-state index in [9.17, 15) is 0 Å². The van der Waals surface area contributed by atoms with Gasteiger partial charge >= 0.3 is 0 Å². The van der Waals surface area contributed by atoms with Gasteiger partial charge in [-0.1, -0.05) is 0 Å². The lowest BCUT2D eigenvalue weighted by Crippen LogP contribution is -2.28. The number of fused-ring (bicyclic) bond motifs is 1. The van der Waals surface area contributed by atoms with Crippen molar-refractivity contribution in [1.29, 1.82) is 0 Å². The first-order valence-corrected chi connectivity index (χ1v) is 5.44. The average Bonchev–Trinajstić information content (AvgIpc) is 2.77. The molecule has 1 atom stereocenters. The molecule has 0 aliphatic carbocycles. The van der Waals surface area contributed by atoms with Crippen LogP contribution in [0.3, 0.4) is 0 Å². The van der Waals surface area contributed by atoms with Crippen molar-refractivity contribution in [2.45, 2.75) is 18.8 Å². The molecular formula is C11H14N4. The van der Waals surface area contributed by atoms with Gasteiger partial charge in [0, 0.05) is 23.5 Å². The maximum Gasteiger partial charge on any atom is 0.155 e. The van der Waals surface area contributed by atoms with Crippen LogP contribution < -0.4 is 5.32 Å². The van der Waals surface area contributed by atoms with E-state index in [0.29, 0.717) is 5.92 Å². The van der Waals surface area contributed by atoms with E-state index in [0.717, 1.165) is 24.1 Å². The molecule has 1 aliphatic heterocycles. The topological polar surface area (TPSA) is 53.6 Å². The molecule has 1 aliphatic rings. The molecule has 0 aromatic carbocycles. The van der Waals surface area contributed by atoms with E-state index in [1.807, 2.05) is 6.20 Å². The summed E-state index contributed by atoms with van der Waals surface area (Å²) in [5, 5.41) is 11.4. The number of H-pyrrole nitrogens is 1. The molecule has 0 saturated carbocycles. The molecule has 0 amide bonds. The largest absolute Gasteiger partial charge is 0.316 e. The van der Waals surface area contributed by atoms with Gasteiger partial charge in [0.15, 0.2) is 5.65 Å². The second kappa shape index (κ2) is 3.62. The van der Waals surface area contributed by atoms with Gasteiger partial charge in [-0.2, -0.15) is 5.10 Å². The lowest BCUT2D eigenvalue weighted by atomic mass is 9.95. The summed E-state index contributed by atoms with van der Waals surface area (Å²) in [5.74, 6) is 0.562. The molecule has 2 N–H and O–H groups in total. The summed E-state index contributed by atoms with van der Waals surface area (Å²) < 4.78 is 0. The molecule has 2 aromatic heterocycles. The Morgan fingerprint density at radius 3 is 3.20 bits per heavy atom. The fraction of sp³-hybridized carbons (Fsp3) is 0.455. The number of rotatable bonds is 1. The van der Waals surface area contributed by atoms with E-state index >= 15 is 0 Å². The van der Waals surface area contributed by atoms with Crippen molar-refractivity contribution in [3.05, 3.63) is 24.0 Å². The smallest absolute Gasteiger partial charge is 0.155 e. The number of piperidine rings is 1. The minimum atomic E-state index is 0.562. The minimum absolute atomic E-state index is 0.562. The number of aromatic nitrogens is 3. The van der Waals surface area contributed by atoms with Gasteiger partial charge in [-0.15, -0.1) is 0 Å². The van der Waals surface area contributed by atoms with Crippen molar-refractivity contribution < 1.29 is 0 Å². The van der Waals surface area contributed by atoms with E-state index in [1.54, 1.807) is 0 Å². The Bertz CT molecular complexity index is 456. The molecule has 4 heteroatoms. The minimum Gasteiger partial charge on any atom is -0.316 e. The number of nitrogens with one attached hydrogen (secondary N) is 2. The normalized spacial score (nSPS) is 22.0. The summed E-state index contributed by atoms with van der Waals surface area (Å²) in [6.07, 6.45) is 4.29. The van der Waals surface area contributed by atoms with Gasteiger partial charge in [-0.3, -0.25) is 5.10 Å². The molecule has 4 nitrogen and oxygen atoms in total. The third-order valence-electron chi connectivity index (χ3n) is 3.04. The highest BCUT2D eigenvalue weighted by Crippen LogP contribution is 2.22. The number of nitrogens with zero attached hydrogens (tertiary/aromatic N) is 2. The van der Waals surface area contributed by atoms with Crippen molar-refractivity contribution in [1.82, 2.24) is 20.5 Å². The fourth-order valence-electron chi connectivity index (χ4n) is 2.17. The molecule has 0 bridgehead atoms. The Morgan fingerprint density at radius 2 is 2.33 bits per heavy atom. The molecular weight excluding hydrogens is 188 g/mol. The number of pyridine rings is 1. The first-order valence-electron chi connectivity index (χ1n) is 5.44. The first-order chi connectivity index (χ1) is 7.43. The van der Waals surface area contributed by atoms with Gasteiger partial charge in [-0.25, -0.2) is 4.98 Å². The van der Waals surface area contributed by atoms with Crippen molar-refractivity contribution in [2.24, 2.45) is 0 Å². The van der Waals surface area contributed by atoms with Crippen molar-refractivity contribution in [3.63, 3.8) is 0 Å². The summed E-state index contributed by atoms with van der Waals surface area (Å²) in [5.41, 5.74) is 2.08. The maximum absolute atomic E-state index is 4.60. The standard InChI is InChI=1S/C11H14N4/c1-2-8(6-12-5-1)10-4-3-9-7-13-15-11(9)14-10/h3-4,7-8,12H,1-2,5-6H2,(H,13,14,15). The van der Waals surface area contributed by atoms with Gasteiger partial charge in [0.25, 0.3) is 0 Å². The molecule has 1 saturated heterocycles. The Kier molecular flexibility index (Phi) is 2.14. The van der Waals surface area contributed by atoms with Gasteiger partial charge in [0.05, 0.1) is 6.20 Å². The molecule has 78 valence electrons. The van der Waals surface area contributed by atoms with Crippen molar-refractivity contribution in [3.8, 4) is 0 Å². The van der Waals surface area contributed by atoms with E-state index < -0.39 is 0 Å². The molecule has 1 unspecified atom stereocenters. The molecule has 3 heterocycles. The monoisotopic (exact) mass is 202 g/mol. The van der Waals surface area contributed by atoms with Crippen LogP contribution in [0.5, 0.6) is 0 Å². The molecule has 2 aromatic rings. The van der Waals surface area contributed by atoms with Gasteiger partial charge in [-0.05, 0) is 31.5 Å². The van der Waals surface area contributed by atoms with Crippen LogP contribution in [0.1, 0.15) is 24.5 Å². The zero-order valence-corrected chi connectivity index (χ0v) is 8.53. The van der Waals surface area contributed by atoms with Gasteiger partial charge in [0.1, 0.15) is 0 Å². The predicted molar refractivity (Wildman–Crippen MR) is 58.7 cm³/mol. The number of hydrogen-bond donors (Lipinski definition) is 2. The quantitative estimate of drug-likeness (QED) is 0.735. The summed E-state index contributed by atoms with van der Waals surface area (Å²) in [4.78, 5) is 4.60. The Hall–Kier alpha value is -1.42. The lowest BCUT2D eigenvalue weighted by molar-refractivity contribution is 0.455. The van der Waals surface area contributed by atoms with E-state index in [2.05, 4.69) is 32.6 Å². The van der Waals surface area contributed by atoms with E-state index in [4.69, 9.17) is 0 Å². The molecule has 0 spiro atoms. The average molecular weight is 202 g/mol. The van der Waals surface area contributed by atoms with Crippen LogP contribution in [0.15, 0.2) is 18.3 Å². The van der Waals surface area contributed by atoms with E-state index in [-0.39, 0.29) is 0 Å². The van der Waals surface area contributed by atoms with Crippen LogP contribution in [-0.4, -0.2) is 28.3 Å². The molecule has 0 radical (unpaired) electrons. The zero-order valence-electron chi connectivity index (χ0n) is 8.53. The van der Waals surface area contributed by atoms with Gasteiger partial charge < -0.3 is 5.32 Å². The second-order valence-electron chi connectivity index (χ2n) is 4.09. The third kappa shape index (κ3) is 1.61. The van der Waals surface area contributed by atoms with Crippen molar-refractivity contribution >= 4 is 11.0 Å². The highest BCUT2D eigenvalue weighted by atomic mass is 15.1. The van der Waals surface area contributed by atoms with Crippen LogP contribution in [0.4, 0.5) is 0 Å². The highest BCUT2D eigenvalue weighted by Gasteiger charge is 2.16. The molecule has 3 rings (SSSR count). The number of hydrogen-bond acceptors (Lipinski definition) is 3. The van der Waals surface area contributed by atoms with E-state index in [1.165, 1.54) is 18.5 Å². The predicted octanol–water partition coefficient (Wildman–Crippen LogP) is 1.42. The first kappa shape index (κ1) is 8.85. The third-order valence-corrected chi connectivity index (χ3v) is 3.04. The molecule has 15 heavy (non-hydrogen) atoms. The van der Waals surface area contributed by atoms with Crippen LogP contribution >= 0.6 is 0 Å². The van der Waals surface area contributed by atoms with Crippen LogP contribution in [-0.2, 0) is 0 Å². The SMILES string of the molecule is c1cc2cn[nH]c2nc1C1CCCNC1. The van der Waals surface area contributed by atoms with Crippen molar-refractivity contribution in [2.75, 3.05) is 13.1 Å². The molecule has 1 fully saturated rings. The van der Waals surface area contributed by atoms with Crippen LogP contribution in [0, 0.1) is 0 Å². The zero-order chi connectivity index (χ0) is 10.1. The lowest BCUT2D eigenvalue weighted by Gasteiger charge is -2.21. The highest BCUT2D eigenvalue weighted by molar-refractivity contribution is 5.73. The summed E-state index contributed by atoms with van der Waals surface area (Å²) in [6.45, 7) is 2.19. The Labute approximate surface area is 88.1 Å². The summed E-state index contributed by atoms with van der Waals surface area (Å²) in [7, 11) is 0.